The van der Waals surface area contributed by atoms with Crippen LogP contribution in [0, 0.1) is 5.92 Å². The number of carboxylic acids is 1. The average Bonchev–Trinajstić information content (AvgIpc) is 2.95. The van der Waals surface area contributed by atoms with Gasteiger partial charge in [-0.15, -0.1) is 0 Å². The van der Waals surface area contributed by atoms with Gasteiger partial charge >= 0.3 is 5.97 Å². The summed E-state index contributed by atoms with van der Waals surface area (Å²) in [5.41, 5.74) is 0.872. The maximum Gasteiger partial charge on any atom is 0.320 e. The van der Waals surface area contributed by atoms with Gasteiger partial charge in [-0.2, -0.15) is 0 Å². The zero-order chi connectivity index (χ0) is 17.1. The Balaban J connectivity index is 1.76. The summed E-state index contributed by atoms with van der Waals surface area (Å²) in [6.45, 7) is 2.73. The lowest BCUT2D eigenvalue weighted by molar-refractivity contribution is -0.143. The first kappa shape index (κ1) is 17.0. The summed E-state index contributed by atoms with van der Waals surface area (Å²) in [4.78, 5) is 28.2. The van der Waals surface area contributed by atoms with Crippen molar-refractivity contribution in [3.05, 3.63) is 30.3 Å². The Hall–Kier alpha value is -1.88. The van der Waals surface area contributed by atoms with Crippen LogP contribution in [0.2, 0.25) is 0 Å². The molecule has 1 amide bonds. The highest BCUT2D eigenvalue weighted by Crippen LogP contribution is 2.39. The number of carbonyl (C=O) groups excluding carboxylic acids is 1. The summed E-state index contributed by atoms with van der Waals surface area (Å²) >= 11 is 0. The smallest absolute Gasteiger partial charge is 0.320 e. The summed E-state index contributed by atoms with van der Waals surface area (Å²) in [5.74, 6) is -0.374. The van der Waals surface area contributed by atoms with Crippen LogP contribution in [0.5, 0.6) is 0 Å². The molecule has 1 aliphatic carbocycles. The number of carbonyl (C=O) groups is 2. The van der Waals surface area contributed by atoms with E-state index < -0.39 is 12.0 Å². The van der Waals surface area contributed by atoms with Gasteiger partial charge in [0, 0.05) is 18.3 Å². The Morgan fingerprint density at radius 3 is 2.58 bits per heavy atom. The summed E-state index contributed by atoms with van der Waals surface area (Å²) in [6.07, 6.45) is 5.11. The van der Waals surface area contributed by atoms with Gasteiger partial charge in [-0.3, -0.25) is 14.5 Å². The first-order chi connectivity index (χ1) is 11.6. The van der Waals surface area contributed by atoms with Gasteiger partial charge in [0.15, 0.2) is 0 Å². The molecule has 130 valence electrons. The van der Waals surface area contributed by atoms with Crippen molar-refractivity contribution >= 4 is 17.6 Å². The van der Waals surface area contributed by atoms with Gasteiger partial charge in [0.05, 0.1) is 6.54 Å². The number of benzene rings is 1. The number of aliphatic carboxylic acids is 1. The molecule has 0 radical (unpaired) electrons. The molecule has 5 heteroatoms. The van der Waals surface area contributed by atoms with Crippen molar-refractivity contribution in [3.63, 3.8) is 0 Å². The minimum atomic E-state index is -0.792. The highest BCUT2D eigenvalue weighted by atomic mass is 16.4. The first-order valence-electron chi connectivity index (χ1n) is 8.95. The maximum absolute atomic E-state index is 12.9. The molecule has 1 aromatic carbocycles. The predicted octanol–water partition coefficient (Wildman–Crippen LogP) is 2.76. The third kappa shape index (κ3) is 3.31. The van der Waals surface area contributed by atoms with Crippen LogP contribution in [-0.2, 0) is 9.59 Å². The largest absolute Gasteiger partial charge is 0.480 e. The van der Waals surface area contributed by atoms with Crippen molar-refractivity contribution in [1.82, 2.24) is 4.90 Å². The quantitative estimate of drug-likeness (QED) is 0.902. The lowest BCUT2D eigenvalue weighted by Gasteiger charge is -2.34. The molecule has 1 aliphatic heterocycles. The van der Waals surface area contributed by atoms with Crippen LogP contribution in [0.4, 0.5) is 5.69 Å². The molecule has 24 heavy (non-hydrogen) atoms. The second-order valence-electron chi connectivity index (χ2n) is 6.85. The highest BCUT2D eigenvalue weighted by Gasteiger charge is 2.46. The average molecular weight is 330 g/mol. The molecule has 3 atom stereocenters. The van der Waals surface area contributed by atoms with E-state index in [-0.39, 0.29) is 18.5 Å². The molecule has 0 spiro atoms. The molecule has 2 fully saturated rings. The van der Waals surface area contributed by atoms with Crippen LogP contribution in [0.25, 0.3) is 0 Å². The topological polar surface area (TPSA) is 60.9 Å². The van der Waals surface area contributed by atoms with Gasteiger partial charge in [-0.25, -0.2) is 0 Å². The number of hydrogen-bond donors (Lipinski definition) is 1. The Kier molecular flexibility index (Phi) is 5.19. The molecule has 1 heterocycles. The molecular weight excluding hydrogens is 304 g/mol. The Bertz CT molecular complexity index is 590. The van der Waals surface area contributed by atoms with Crippen LogP contribution < -0.4 is 4.90 Å². The normalized spacial score (nSPS) is 26.8. The van der Waals surface area contributed by atoms with Crippen molar-refractivity contribution in [2.75, 3.05) is 18.0 Å². The molecule has 1 N–H and O–H groups in total. The fraction of sp³-hybridized carbons (Fsp3) is 0.579. The van der Waals surface area contributed by atoms with Gasteiger partial charge in [0.1, 0.15) is 6.04 Å². The van der Waals surface area contributed by atoms with Gasteiger partial charge in [-0.05, 0) is 44.2 Å². The number of rotatable bonds is 5. The molecule has 1 saturated carbocycles. The number of likely N-dealkylation sites (tertiary alicyclic amines) is 1. The molecular formula is C19H26N2O3. The molecule has 0 aromatic heterocycles. The van der Waals surface area contributed by atoms with E-state index in [4.69, 9.17) is 0 Å². The molecule has 5 nitrogen and oxygen atoms in total. The Labute approximate surface area is 143 Å². The SMILES string of the molecule is CCN(C(=O)CN1C(C(=O)O)CC2CCCCC21)c1ccccc1. The molecule has 3 unspecified atom stereocenters. The fourth-order valence-electron chi connectivity index (χ4n) is 4.38. The minimum absolute atomic E-state index is 0.0128. The van der Waals surface area contributed by atoms with Crippen LogP contribution in [0.3, 0.4) is 0 Å². The van der Waals surface area contributed by atoms with Crippen molar-refractivity contribution in [2.45, 2.75) is 51.1 Å². The summed E-state index contributed by atoms with van der Waals surface area (Å²) < 4.78 is 0. The van der Waals surface area contributed by atoms with Crippen LogP contribution in [0.1, 0.15) is 39.0 Å². The molecule has 1 saturated heterocycles. The number of para-hydroxylation sites is 1. The minimum Gasteiger partial charge on any atom is -0.480 e. The first-order valence-corrected chi connectivity index (χ1v) is 8.95. The lowest BCUT2D eigenvalue weighted by atomic mass is 9.85. The fourth-order valence-corrected chi connectivity index (χ4v) is 4.38. The van der Waals surface area contributed by atoms with E-state index in [0.29, 0.717) is 18.9 Å². The third-order valence-electron chi connectivity index (χ3n) is 5.51. The van der Waals surface area contributed by atoms with Gasteiger partial charge in [0.2, 0.25) is 5.91 Å². The van der Waals surface area contributed by atoms with Gasteiger partial charge in [-0.1, -0.05) is 31.0 Å². The van der Waals surface area contributed by atoms with E-state index >= 15 is 0 Å². The number of anilines is 1. The molecule has 1 aromatic rings. The summed E-state index contributed by atoms with van der Waals surface area (Å²) in [5, 5.41) is 9.59. The monoisotopic (exact) mass is 330 g/mol. The maximum atomic E-state index is 12.9. The highest BCUT2D eigenvalue weighted by molar-refractivity contribution is 5.95. The van der Waals surface area contributed by atoms with E-state index in [1.54, 1.807) is 4.90 Å². The standard InChI is InChI=1S/C19H26N2O3/c1-2-20(15-9-4-3-5-10-15)18(22)13-21-16-11-7-6-8-14(16)12-17(21)19(23)24/h3-5,9-10,14,16-17H,2,6-8,11-13H2,1H3,(H,23,24). The number of likely N-dealkylation sites (N-methyl/N-ethyl adjacent to an activating group) is 1. The van der Waals surface area contributed by atoms with Crippen LogP contribution in [0.15, 0.2) is 30.3 Å². The van der Waals surface area contributed by atoms with Crippen LogP contribution in [-0.4, -0.2) is 47.1 Å². The lowest BCUT2D eigenvalue weighted by Crippen LogP contribution is -2.48. The Morgan fingerprint density at radius 1 is 1.21 bits per heavy atom. The number of fused-ring (bicyclic) bond motifs is 1. The number of hydrogen-bond acceptors (Lipinski definition) is 3. The number of carboxylic acid groups (broad SMARTS) is 1. The zero-order valence-corrected chi connectivity index (χ0v) is 14.2. The second-order valence-corrected chi connectivity index (χ2v) is 6.85. The van der Waals surface area contributed by atoms with E-state index in [2.05, 4.69) is 0 Å². The van der Waals surface area contributed by atoms with Crippen molar-refractivity contribution in [3.8, 4) is 0 Å². The summed E-state index contributed by atoms with van der Waals surface area (Å²) in [6, 6.07) is 9.33. The third-order valence-corrected chi connectivity index (χ3v) is 5.51. The van der Waals surface area contributed by atoms with E-state index in [1.165, 1.54) is 6.42 Å². The molecule has 3 rings (SSSR count). The van der Waals surface area contributed by atoms with E-state index in [1.807, 2.05) is 42.2 Å². The van der Waals surface area contributed by atoms with Crippen molar-refractivity contribution < 1.29 is 14.7 Å². The number of amides is 1. The van der Waals surface area contributed by atoms with Gasteiger partial charge in [0.25, 0.3) is 0 Å². The van der Waals surface area contributed by atoms with Crippen molar-refractivity contribution in [2.24, 2.45) is 5.92 Å². The van der Waals surface area contributed by atoms with Crippen molar-refractivity contribution in [1.29, 1.82) is 0 Å². The molecule has 2 aliphatic rings. The number of nitrogens with zero attached hydrogens (tertiary/aromatic N) is 2. The predicted molar refractivity (Wildman–Crippen MR) is 93.0 cm³/mol. The van der Waals surface area contributed by atoms with E-state index in [0.717, 1.165) is 24.9 Å². The Morgan fingerprint density at radius 2 is 1.92 bits per heavy atom. The second kappa shape index (κ2) is 7.34. The van der Waals surface area contributed by atoms with E-state index in [9.17, 15) is 14.7 Å². The zero-order valence-electron chi connectivity index (χ0n) is 14.2. The van der Waals surface area contributed by atoms with Gasteiger partial charge < -0.3 is 10.0 Å². The molecule has 0 bridgehead atoms. The summed E-state index contributed by atoms with van der Waals surface area (Å²) in [7, 11) is 0. The van der Waals surface area contributed by atoms with Crippen LogP contribution >= 0.6 is 0 Å².